The summed E-state index contributed by atoms with van der Waals surface area (Å²) >= 11 is 5.74. The molecule has 118 valence electrons. The molecule has 0 aromatic heterocycles. The van der Waals surface area contributed by atoms with E-state index in [1.54, 1.807) is 0 Å². The van der Waals surface area contributed by atoms with Gasteiger partial charge in [0.2, 0.25) is 0 Å². The van der Waals surface area contributed by atoms with Crippen LogP contribution in [0.15, 0.2) is 57.5 Å². The Morgan fingerprint density at radius 3 is 1.36 bits per heavy atom. The molecular weight excluding hydrogens is 452 g/mol. The minimum atomic E-state index is -4.22. The van der Waals surface area contributed by atoms with Gasteiger partial charge in [0.25, 0.3) is 0 Å². The normalized spacial score (nSPS) is 12.7. The van der Waals surface area contributed by atoms with Crippen molar-refractivity contribution in [1.82, 2.24) is 0 Å². The first kappa shape index (κ1) is 17.6. The minimum absolute atomic E-state index is 0.0868. The highest BCUT2D eigenvalue weighted by Crippen LogP contribution is 2.47. The lowest BCUT2D eigenvalue weighted by atomic mass is 10.2. The molecule has 0 N–H and O–H groups in total. The smallest absolute Gasteiger partial charge is 0.247 e. The predicted molar refractivity (Wildman–Crippen MR) is 84.2 cm³/mol. The van der Waals surface area contributed by atoms with Crippen molar-refractivity contribution in [2.75, 3.05) is 0 Å². The summed E-state index contributed by atoms with van der Waals surface area (Å²) in [7, 11) is -3.79. The van der Waals surface area contributed by atoms with Gasteiger partial charge in [-0.2, -0.15) is 17.6 Å². The monoisotopic (exact) mass is 458 g/mol. The predicted octanol–water partition coefficient (Wildman–Crippen LogP) is 5.76. The van der Waals surface area contributed by atoms with Crippen molar-refractivity contribution in [3.05, 3.63) is 68.6 Å². The van der Waals surface area contributed by atoms with E-state index in [0.29, 0.717) is 0 Å². The average Bonchev–Trinajstić information content (AvgIpc) is 2.47. The SMILES string of the molecule is O=S(C(F)(F)c1ccccc1Br)C(F)(F)c1ccccc1Br. The van der Waals surface area contributed by atoms with Crippen LogP contribution in [0.1, 0.15) is 11.1 Å². The van der Waals surface area contributed by atoms with Crippen molar-refractivity contribution in [3.8, 4) is 0 Å². The van der Waals surface area contributed by atoms with E-state index in [1.165, 1.54) is 36.4 Å². The Bertz CT molecular complexity index is 662. The Morgan fingerprint density at radius 2 is 1.05 bits per heavy atom. The Kier molecular flexibility index (Phi) is 5.13. The molecule has 0 radical (unpaired) electrons. The van der Waals surface area contributed by atoms with E-state index >= 15 is 0 Å². The van der Waals surface area contributed by atoms with E-state index < -0.39 is 32.4 Å². The van der Waals surface area contributed by atoms with E-state index in [4.69, 9.17) is 0 Å². The van der Waals surface area contributed by atoms with Gasteiger partial charge in [0.05, 0.1) is 0 Å². The van der Waals surface area contributed by atoms with Gasteiger partial charge in [-0.25, -0.2) is 4.21 Å². The highest BCUT2D eigenvalue weighted by molar-refractivity contribution is 9.10. The van der Waals surface area contributed by atoms with Gasteiger partial charge in [-0.05, 0) is 12.1 Å². The van der Waals surface area contributed by atoms with E-state index in [0.717, 1.165) is 12.1 Å². The van der Waals surface area contributed by atoms with Gasteiger partial charge in [0, 0.05) is 20.1 Å². The van der Waals surface area contributed by atoms with Crippen LogP contribution in [-0.2, 0) is 21.3 Å². The fourth-order valence-electron chi connectivity index (χ4n) is 1.76. The van der Waals surface area contributed by atoms with Crippen LogP contribution >= 0.6 is 31.9 Å². The molecule has 2 aromatic rings. The summed E-state index contributed by atoms with van der Waals surface area (Å²) in [6.45, 7) is 0. The summed E-state index contributed by atoms with van der Waals surface area (Å²) in [5, 5.41) is -8.45. The fourth-order valence-corrected chi connectivity index (χ4v) is 4.16. The maximum atomic E-state index is 14.3. The molecular formula is C14H8Br2F4OS. The molecule has 0 aliphatic heterocycles. The van der Waals surface area contributed by atoms with Crippen molar-refractivity contribution >= 4 is 42.7 Å². The van der Waals surface area contributed by atoms with E-state index in [2.05, 4.69) is 31.9 Å². The van der Waals surface area contributed by atoms with Crippen LogP contribution in [0.5, 0.6) is 0 Å². The first-order valence-electron chi connectivity index (χ1n) is 5.86. The van der Waals surface area contributed by atoms with Crippen LogP contribution < -0.4 is 0 Å². The molecule has 0 aliphatic carbocycles. The quantitative estimate of drug-likeness (QED) is 0.531. The van der Waals surface area contributed by atoms with Crippen LogP contribution in [-0.4, -0.2) is 4.21 Å². The molecule has 0 atom stereocenters. The standard InChI is InChI=1S/C14H8Br2F4OS/c15-11-7-3-1-5-9(11)13(17,18)22(21)14(19,20)10-6-2-4-8-12(10)16/h1-8H. The average molecular weight is 460 g/mol. The zero-order valence-electron chi connectivity index (χ0n) is 10.7. The first-order valence-corrected chi connectivity index (χ1v) is 8.60. The molecule has 1 nitrogen and oxygen atoms in total. The highest BCUT2D eigenvalue weighted by atomic mass is 79.9. The Labute approximate surface area is 143 Å². The van der Waals surface area contributed by atoms with Crippen molar-refractivity contribution in [1.29, 1.82) is 0 Å². The third-order valence-electron chi connectivity index (χ3n) is 2.84. The van der Waals surface area contributed by atoms with Gasteiger partial charge in [0.1, 0.15) is 0 Å². The van der Waals surface area contributed by atoms with Crippen LogP contribution in [0.4, 0.5) is 17.6 Å². The lowest BCUT2D eigenvalue weighted by Crippen LogP contribution is -2.33. The highest BCUT2D eigenvalue weighted by Gasteiger charge is 2.55. The minimum Gasteiger partial charge on any atom is -0.247 e. The van der Waals surface area contributed by atoms with Crippen LogP contribution in [0.25, 0.3) is 0 Å². The first-order chi connectivity index (χ1) is 10.2. The Morgan fingerprint density at radius 1 is 0.727 bits per heavy atom. The number of hydrogen-bond acceptors (Lipinski definition) is 1. The Hall–Kier alpha value is -0.730. The fraction of sp³-hybridized carbons (Fsp3) is 0.143. The lowest BCUT2D eigenvalue weighted by molar-refractivity contribution is 0.0518. The second kappa shape index (κ2) is 6.41. The van der Waals surface area contributed by atoms with E-state index in [-0.39, 0.29) is 8.95 Å². The molecule has 0 amide bonds. The summed E-state index contributed by atoms with van der Waals surface area (Å²) in [4.78, 5) is 0. The van der Waals surface area contributed by atoms with Gasteiger partial charge in [-0.3, -0.25) is 0 Å². The summed E-state index contributed by atoms with van der Waals surface area (Å²) in [6.07, 6.45) is 0. The maximum absolute atomic E-state index is 14.3. The largest absolute Gasteiger partial charge is 0.353 e. The number of alkyl halides is 4. The number of benzene rings is 2. The third-order valence-corrected chi connectivity index (χ3v) is 5.59. The van der Waals surface area contributed by atoms with Crippen LogP contribution in [0.2, 0.25) is 0 Å². The number of halogens is 6. The van der Waals surface area contributed by atoms with Gasteiger partial charge in [-0.15, -0.1) is 0 Å². The maximum Gasteiger partial charge on any atom is 0.353 e. The van der Waals surface area contributed by atoms with Crippen LogP contribution in [0.3, 0.4) is 0 Å². The molecule has 22 heavy (non-hydrogen) atoms. The molecule has 0 spiro atoms. The molecule has 8 heteroatoms. The van der Waals surface area contributed by atoms with Crippen molar-refractivity contribution in [2.24, 2.45) is 0 Å². The second-order valence-corrected chi connectivity index (χ2v) is 7.53. The van der Waals surface area contributed by atoms with Gasteiger partial charge in [0.15, 0.2) is 10.8 Å². The summed E-state index contributed by atoms with van der Waals surface area (Å²) in [5.41, 5.74) is -1.50. The van der Waals surface area contributed by atoms with Crippen LogP contribution in [0, 0.1) is 0 Å². The summed E-state index contributed by atoms with van der Waals surface area (Å²) in [6, 6.07) is 9.91. The van der Waals surface area contributed by atoms with Gasteiger partial charge in [-0.1, -0.05) is 68.3 Å². The Balaban J connectivity index is 2.50. The van der Waals surface area contributed by atoms with Crippen molar-refractivity contribution < 1.29 is 21.8 Å². The number of rotatable bonds is 4. The zero-order valence-corrected chi connectivity index (χ0v) is 14.7. The summed E-state index contributed by atoms with van der Waals surface area (Å²) < 4.78 is 69.0. The topological polar surface area (TPSA) is 17.1 Å². The molecule has 2 aromatic carbocycles. The second-order valence-electron chi connectivity index (χ2n) is 4.26. The molecule has 0 saturated heterocycles. The molecule has 0 saturated carbocycles. The molecule has 0 heterocycles. The van der Waals surface area contributed by atoms with Crippen molar-refractivity contribution in [2.45, 2.75) is 10.5 Å². The van der Waals surface area contributed by atoms with E-state index in [1.807, 2.05) is 0 Å². The van der Waals surface area contributed by atoms with Crippen molar-refractivity contribution in [3.63, 3.8) is 0 Å². The lowest BCUT2D eigenvalue weighted by Gasteiger charge is -2.24. The molecule has 0 unspecified atom stereocenters. The molecule has 0 fully saturated rings. The summed E-state index contributed by atoms with van der Waals surface area (Å²) in [5.74, 6) is 0. The number of hydrogen-bond donors (Lipinski definition) is 0. The molecule has 0 aliphatic rings. The van der Waals surface area contributed by atoms with Gasteiger partial charge < -0.3 is 0 Å². The zero-order chi connectivity index (χ0) is 16.5. The molecule has 0 bridgehead atoms. The third kappa shape index (κ3) is 3.14. The van der Waals surface area contributed by atoms with E-state index in [9.17, 15) is 21.8 Å². The van der Waals surface area contributed by atoms with Gasteiger partial charge >= 0.3 is 10.5 Å². The molecule has 2 rings (SSSR count).